The molecule has 0 amide bonds. The Morgan fingerprint density at radius 2 is 2.24 bits per heavy atom. The van der Waals surface area contributed by atoms with E-state index in [1.54, 1.807) is 18.5 Å². The first-order valence-corrected chi connectivity index (χ1v) is 5.04. The highest BCUT2D eigenvalue weighted by molar-refractivity contribution is 5.20. The van der Waals surface area contributed by atoms with Crippen molar-refractivity contribution in [2.75, 3.05) is 0 Å². The summed E-state index contributed by atoms with van der Waals surface area (Å²) < 4.78 is 6.76. The van der Waals surface area contributed by atoms with Gasteiger partial charge in [-0.05, 0) is 11.8 Å². The van der Waals surface area contributed by atoms with Crippen LogP contribution in [0.3, 0.4) is 0 Å². The van der Waals surface area contributed by atoms with Crippen LogP contribution >= 0.6 is 0 Å². The summed E-state index contributed by atoms with van der Waals surface area (Å²) in [6.45, 7) is 3.95. The molecule has 2 rings (SSSR count). The molecule has 0 radical (unpaired) electrons. The molecule has 0 N–H and O–H groups in total. The molecule has 8 heteroatoms. The van der Waals surface area contributed by atoms with Crippen molar-refractivity contribution in [1.29, 1.82) is 0 Å². The SMILES string of the molecule is Cc1nnc(CCn2nc([N+](=O)[O-])cc2C)o1. The van der Waals surface area contributed by atoms with Gasteiger partial charge in [0, 0.05) is 13.3 Å². The predicted molar refractivity (Wildman–Crippen MR) is 56.4 cm³/mol. The van der Waals surface area contributed by atoms with Crippen LogP contribution in [0.4, 0.5) is 5.82 Å². The minimum absolute atomic E-state index is 0.149. The van der Waals surface area contributed by atoms with E-state index >= 15 is 0 Å². The lowest BCUT2D eigenvalue weighted by atomic mass is 10.4. The molecular formula is C9H11N5O3. The van der Waals surface area contributed by atoms with Crippen molar-refractivity contribution in [1.82, 2.24) is 20.0 Å². The van der Waals surface area contributed by atoms with Crippen LogP contribution in [0.25, 0.3) is 0 Å². The second kappa shape index (κ2) is 4.32. The van der Waals surface area contributed by atoms with E-state index in [2.05, 4.69) is 15.3 Å². The van der Waals surface area contributed by atoms with Gasteiger partial charge in [0.15, 0.2) is 0 Å². The second-order valence-corrected chi connectivity index (χ2v) is 3.59. The Labute approximate surface area is 96.4 Å². The Morgan fingerprint density at radius 3 is 2.76 bits per heavy atom. The first-order valence-electron chi connectivity index (χ1n) is 5.04. The lowest BCUT2D eigenvalue weighted by molar-refractivity contribution is -0.389. The average molecular weight is 237 g/mol. The summed E-state index contributed by atoms with van der Waals surface area (Å²) in [5.74, 6) is 0.854. The van der Waals surface area contributed by atoms with E-state index in [9.17, 15) is 10.1 Å². The molecule has 0 fully saturated rings. The first-order chi connectivity index (χ1) is 8.06. The van der Waals surface area contributed by atoms with Crippen LogP contribution in [-0.2, 0) is 13.0 Å². The van der Waals surface area contributed by atoms with Gasteiger partial charge >= 0.3 is 5.82 Å². The molecule has 0 saturated heterocycles. The third-order valence-electron chi connectivity index (χ3n) is 2.26. The van der Waals surface area contributed by atoms with Crippen LogP contribution in [0.1, 0.15) is 17.5 Å². The molecule has 0 aliphatic rings. The summed E-state index contributed by atoms with van der Waals surface area (Å²) in [5, 5.41) is 21.9. The van der Waals surface area contributed by atoms with Crippen molar-refractivity contribution in [3.63, 3.8) is 0 Å². The van der Waals surface area contributed by atoms with E-state index in [4.69, 9.17) is 4.42 Å². The summed E-state index contributed by atoms with van der Waals surface area (Å²) in [7, 11) is 0. The van der Waals surface area contributed by atoms with Crippen LogP contribution in [-0.4, -0.2) is 24.9 Å². The van der Waals surface area contributed by atoms with Crippen molar-refractivity contribution >= 4 is 5.82 Å². The maximum atomic E-state index is 10.5. The molecule has 0 aliphatic carbocycles. The largest absolute Gasteiger partial charge is 0.426 e. The van der Waals surface area contributed by atoms with Gasteiger partial charge in [-0.2, -0.15) is 4.68 Å². The Hall–Kier alpha value is -2.25. The van der Waals surface area contributed by atoms with Gasteiger partial charge in [-0.1, -0.05) is 0 Å². The molecule has 8 nitrogen and oxygen atoms in total. The van der Waals surface area contributed by atoms with Crippen molar-refractivity contribution in [2.45, 2.75) is 26.8 Å². The van der Waals surface area contributed by atoms with Gasteiger partial charge < -0.3 is 14.5 Å². The minimum Gasteiger partial charge on any atom is -0.426 e. The van der Waals surface area contributed by atoms with E-state index in [1.807, 2.05) is 0 Å². The maximum Gasteiger partial charge on any atom is 0.390 e. The summed E-state index contributed by atoms with van der Waals surface area (Å²) in [6.07, 6.45) is 0.501. The summed E-state index contributed by atoms with van der Waals surface area (Å²) in [4.78, 5) is 10.0. The zero-order valence-electron chi connectivity index (χ0n) is 9.45. The molecule has 0 bridgehead atoms. The lowest BCUT2D eigenvalue weighted by Gasteiger charge is -1.95. The topological polar surface area (TPSA) is 99.9 Å². The maximum absolute atomic E-state index is 10.5. The quantitative estimate of drug-likeness (QED) is 0.581. The molecule has 2 aromatic heterocycles. The fourth-order valence-electron chi connectivity index (χ4n) is 1.45. The Kier molecular flexibility index (Phi) is 2.86. The summed E-state index contributed by atoms with van der Waals surface area (Å²) in [6, 6.07) is 1.43. The van der Waals surface area contributed by atoms with Crippen molar-refractivity contribution in [2.24, 2.45) is 0 Å². The van der Waals surface area contributed by atoms with E-state index in [-0.39, 0.29) is 5.82 Å². The zero-order chi connectivity index (χ0) is 12.4. The molecule has 0 aromatic carbocycles. The third kappa shape index (κ3) is 2.47. The van der Waals surface area contributed by atoms with Gasteiger partial charge in [0.05, 0.1) is 23.4 Å². The monoisotopic (exact) mass is 237 g/mol. The van der Waals surface area contributed by atoms with Gasteiger partial charge in [-0.3, -0.25) is 0 Å². The second-order valence-electron chi connectivity index (χ2n) is 3.59. The number of rotatable bonds is 4. The molecule has 0 atom stereocenters. The Morgan fingerprint density at radius 1 is 1.47 bits per heavy atom. The molecule has 17 heavy (non-hydrogen) atoms. The highest BCUT2D eigenvalue weighted by Gasteiger charge is 2.15. The van der Waals surface area contributed by atoms with Crippen molar-refractivity contribution in [3.8, 4) is 0 Å². The fraction of sp³-hybridized carbons (Fsp3) is 0.444. The fourth-order valence-corrected chi connectivity index (χ4v) is 1.45. The molecule has 0 saturated carbocycles. The average Bonchev–Trinajstić information content (AvgIpc) is 2.82. The number of aryl methyl sites for hydroxylation is 4. The molecule has 2 heterocycles. The van der Waals surface area contributed by atoms with E-state index in [0.29, 0.717) is 24.7 Å². The van der Waals surface area contributed by atoms with E-state index in [0.717, 1.165) is 5.69 Å². The Bertz CT molecular complexity index is 545. The van der Waals surface area contributed by atoms with Crippen LogP contribution in [0, 0.1) is 24.0 Å². The molecule has 90 valence electrons. The zero-order valence-corrected chi connectivity index (χ0v) is 9.45. The lowest BCUT2D eigenvalue weighted by Crippen LogP contribution is -2.05. The standard InChI is InChI=1S/C9H11N5O3/c1-6-5-8(14(15)16)12-13(6)4-3-9-11-10-7(2)17-9/h5H,3-4H2,1-2H3. The molecule has 0 unspecified atom stereocenters. The number of aromatic nitrogens is 4. The van der Waals surface area contributed by atoms with Crippen molar-refractivity contribution in [3.05, 3.63) is 33.7 Å². The van der Waals surface area contributed by atoms with Crippen LogP contribution in [0.15, 0.2) is 10.5 Å². The molecular weight excluding hydrogens is 226 g/mol. The van der Waals surface area contributed by atoms with Gasteiger partial charge in [0.1, 0.15) is 0 Å². The highest BCUT2D eigenvalue weighted by Crippen LogP contribution is 2.11. The first kappa shape index (κ1) is 11.2. The number of hydrogen-bond donors (Lipinski definition) is 0. The van der Waals surface area contributed by atoms with Gasteiger partial charge in [0.25, 0.3) is 0 Å². The van der Waals surface area contributed by atoms with Gasteiger partial charge in [-0.15, -0.1) is 10.2 Å². The van der Waals surface area contributed by atoms with Crippen LogP contribution in [0.2, 0.25) is 0 Å². The van der Waals surface area contributed by atoms with E-state index < -0.39 is 4.92 Å². The number of nitrogens with zero attached hydrogens (tertiary/aromatic N) is 5. The number of nitro groups is 1. The molecule has 0 spiro atoms. The summed E-state index contributed by atoms with van der Waals surface area (Å²) in [5.41, 5.74) is 0.730. The highest BCUT2D eigenvalue weighted by atomic mass is 16.6. The van der Waals surface area contributed by atoms with Gasteiger partial charge in [-0.25, -0.2) is 0 Å². The summed E-state index contributed by atoms with van der Waals surface area (Å²) >= 11 is 0. The predicted octanol–water partition coefficient (Wildman–Crippen LogP) is 1.03. The third-order valence-corrected chi connectivity index (χ3v) is 2.26. The normalized spacial score (nSPS) is 10.7. The minimum atomic E-state index is -0.514. The Balaban J connectivity index is 2.06. The number of hydrogen-bond acceptors (Lipinski definition) is 6. The van der Waals surface area contributed by atoms with Crippen LogP contribution < -0.4 is 0 Å². The van der Waals surface area contributed by atoms with Gasteiger partial charge in [0.2, 0.25) is 11.8 Å². The molecule has 2 aromatic rings. The van der Waals surface area contributed by atoms with Crippen molar-refractivity contribution < 1.29 is 9.34 Å². The van der Waals surface area contributed by atoms with Crippen LogP contribution in [0.5, 0.6) is 0 Å². The molecule has 0 aliphatic heterocycles. The smallest absolute Gasteiger partial charge is 0.390 e. The van der Waals surface area contributed by atoms with E-state index in [1.165, 1.54) is 6.07 Å².